The van der Waals surface area contributed by atoms with Gasteiger partial charge in [-0.25, -0.2) is 0 Å². The number of rotatable bonds is 3. The van der Waals surface area contributed by atoms with Crippen molar-refractivity contribution in [2.75, 3.05) is 5.32 Å². The fourth-order valence-electron chi connectivity index (χ4n) is 2.15. The van der Waals surface area contributed by atoms with Crippen molar-refractivity contribution in [3.63, 3.8) is 0 Å². The first-order valence-corrected chi connectivity index (χ1v) is 7.15. The van der Waals surface area contributed by atoms with Crippen LogP contribution in [-0.2, 0) is 6.54 Å². The van der Waals surface area contributed by atoms with Crippen LogP contribution in [0, 0.1) is 0 Å². The molecule has 0 saturated heterocycles. The van der Waals surface area contributed by atoms with Crippen LogP contribution in [0.1, 0.15) is 5.56 Å². The molecule has 0 saturated carbocycles. The SMILES string of the molecule is Oc1ccc(NCc2ccc(Cl)c3cccnc23)cc1Cl. The summed E-state index contributed by atoms with van der Waals surface area (Å²) in [4.78, 5) is 4.40. The van der Waals surface area contributed by atoms with E-state index in [2.05, 4.69) is 10.3 Å². The normalized spacial score (nSPS) is 10.8. The highest BCUT2D eigenvalue weighted by Crippen LogP contribution is 2.28. The van der Waals surface area contributed by atoms with Gasteiger partial charge < -0.3 is 10.4 Å². The quantitative estimate of drug-likeness (QED) is 0.678. The topological polar surface area (TPSA) is 45.1 Å². The summed E-state index contributed by atoms with van der Waals surface area (Å²) in [5.74, 6) is 0.0702. The molecule has 1 heterocycles. The van der Waals surface area contributed by atoms with Gasteiger partial charge in [-0.15, -0.1) is 0 Å². The lowest BCUT2D eigenvalue weighted by atomic mass is 10.1. The highest BCUT2D eigenvalue weighted by molar-refractivity contribution is 6.35. The Hall–Kier alpha value is -1.97. The van der Waals surface area contributed by atoms with Crippen LogP contribution in [0.15, 0.2) is 48.7 Å². The molecule has 5 heteroatoms. The number of hydrogen-bond donors (Lipinski definition) is 2. The second kappa shape index (κ2) is 5.80. The first kappa shape index (κ1) is 14.0. The van der Waals surface area contributed by atoms with Crippen LogP contribution < -0.4 is 5.32 Å². The van der Waals surface area contributed by atoms with Crippen LogP contribution in [0.3, 0.4) is 0 Å². The third kappa shape index (κ3) is 2.89. The minimum atomic E-state index is 0.0702. The monoisotopic (exact) mass is 318 g/mol. The molecule has 0 aliphatic carbocycles. The van der Waals surface area contributed by atoms with Gasteiger partial charge in [0.15, 0.2) is 0 Å². The average molecular weight is 319 g/mol. The molecule has 0 spiro atoms. The standard InChI is InChI=1S/C16H12Cl2N2O/c17-13-5-3-10(16-12(13)2-1-7-19-16)9-20-11-4-6-15(21)14(18)8-11/h1-8,20-21H,9H2. The van der Waals surface area contributed by atoms with E-state index in [-0.39, 0.29) is 5.75 Å². The largest absolute Gasteiger partial charge is 0.506 e. The second-order valence-corrected chi connectivity index (χ2v) is 5.44. The highest BCUT2D eigenvalue weighted by atomic mass is 35.5. The zero-order chi connectivity index (χ0) is 14.8. The molecule has 0 atom stereocenters. The Bertz CT molecular complexity index is 805. The zero-order valence-electron chi connectivity index (χ0n) is 11.0. The molecule has 3 rings (SSSR count). The Morgan fingerprint density at radius 3 is 2.71 bits per heavy atom. The van der Waals surface area contributed by atoms with Gasteiger partial charge in [-0.2, -0.15) is 0 Å². The van der Waals surface area contributed by atoms with Gasteiger partial charge in [-0.3, -0.25) is 4.98 Å². The predicted octanol–water partition coefficient (Wildman–Crippen LogP) is 4.86. The molecule has 0 unspecified atom stereocenters. The number of aromatic nitrogens is 1. The first-order chi connectivity index (χ1) is 10.1. The van der Waals surface area contributed by atoms with Crippen molar-refractivity contribution in [1.29, 1.82) is 0 Å². The van der Waals surface area contributed by atoms with Gasteiger partial charge in [0.1, 0.15) is 5.75 Å². The van der Waals surface area contributed by atoms with Gasteiger partial charge in [0.05, 0.1) is 10.5 Å². The molecule has 3 nitrogen and oxygen atoms in total. The molecule has 3 aromatic rings. The molecule has 0 amide bonds. The Morgan fingerprint density at radius 1 is 1.05 bits per heavy atom. The molecule has 0 aliphatic rings. The summed E-state index contributed by atoms with van der Waals surface area (Å²) < 4.78 is 0. The summed E-state index contributed by atoms with van der Waals surface area (Å²) >= 11 is 12.1. The van der Waals surface area contributed by atoms with Crippen molar-refractivity contribution >= 4 is 39.8 Å². The maximum Gasteiger partial charge on any atom is 0.134 e. The number of phenolic OH excluding ortho intramolecular Hbond substituents is 1. The van der Waals surface area contributed by atoms with Gasteiger partial charge in [-0.05, 0) is 42.0 Å². The summed E-state index contributed by atoms with van der Waals surface area (Å²) in [6, 6.07) is 12.6. The van der Waals surface area contributed by atoms with E-state index >= 15 is 0 Å². The van der Waals surface area contributed by atoms with Gasteiger partial charge in [0.25, 0.3) is 0 Å². The molecule has 0 radical (unpaired) electrons. The summed E-state index contributed by atoms with van der Waals surface area (Å²) in [5.41, 5.74) is 2.75. The van der Waals surface area contributed by atoms with E-state index in [1.807, 2.05) is 24.3 Å². The van der Waals surface area contributed by atoms with E-state index in [1.54, 1.807) is 24.4 Å². The summed E-state index contributed by atoms with van der Waals surface area (Å²) in [6.07, 6.45) is 1.75. The number of hydrogen-bond acceptors (Lipinski definition) is 3. The number of pyridine rings is 1. The molecule has 0 aliphatic heterocycles. The Morgan fingerprint density at radius 2 is 1.90 bits per heavy atom. The van der Waals surface area contributed by atoms with Gasteiger partial charge in [0, 0.05) is 28.8 Å². The summed E-state index contributed by atoms with van der Waals surface area (Å²) in [7, 11) is 0. The molecule has 2 aromatic carbocycles. The minimum absolute atomic E-state index is 0.0702. The van der Waals surface area contributed by atoms with Crippen LogP contribution in [0.2, 0.25) is 10.0 Å². The maximum absolute atomic E-state index is 9.42. The zero-order valence-corrected chi connectivity index (χ0v) is 12.5. The van der Waals surface area contributed by atoms with E-state index in [0.717, 1.165) is 22.2 Å². The highest BCUT2D eigenvalue weighted by Gasteiger charge is 2.06. The van der Waals surface area contributed by atoms with Crippen LogP contribution in [-0.4, -0.2) is 10.1 Å². The number of anilines is 1. The maximum atomic E-state index is 9.42. The molecular formula is C16H12Cl2N2O. The van der Waals surface area contributed by atoms with E-state index in [9.17, 15) is 5.11 Å². The van der Waals surface area contributed by atoms with Gasteiger partial charge >= 0.3 is 0 Å². The second-order valence-electron chi connectivity index (χ2n) is 4.63. The molecule has 1 aromatic heterocycles. The number of benzene rings is 2. The van der Waals surface area contributed by atoms with Crippen molar-refractivity contribution in [2.45, 2.75) is 6.54 Å². The third-order valence-electron chi connectivity index (χ3n) is 3.23. The van der Waals surface area contributed by atoms with E-state index < -0.39 is 0 Å². The van der Waals surface area contributed by atoms with E-state index in [1.165, 1.54) is 0 Å². The lowest BCUT2D eigenvalue weighted by Gasteiger charge is -2.10. The van der Waals surface area contributed by atoms with Crippen molar-refractivity contribution < 1.29 is 5.11 Å². The summed E-state index contributed by atoms with van der Waals surface area (Å²) in [5, 5.41) is 14.6. The van der Waals surface area contributed by atoms with Gasteiger partial charge in [-0.1, -0.05) is 29.3 Å². The van der Waals surface area contributed by atoms with Crippen LogP contribution in [0.4, 0.5) is 5.69 Å². The lowest BCUT2D eigenvalue weighted by molar-refractivity contribution is 0.475. The molecule has 0 bridgehead atoms. The summed E-state index contributed by atoms with van der Waals surface area (Å²) in [6.45, 7) is 0.589. The number of halogens is 2. The first-order valence-electron chi connectivity index (χ1n) is 6.39. The van der Waals surface area contributed by atoms with E-state index in [4.69, 9.17) is 23.2 Å². The van der Waals surface area contributed by atoms with Gasteiger partial charge in [0.2, 0.25) is 0 Å². The minimum Gasteiger partial charge on any atom is -0.506 e. The van der Waals surface area contributed by atoms with Crippen molar-refractivity contribution in [2.24, 2.45) is 0 Å². The molecule has 106 valence electrons. The third-order valence-corrected chi connectivity index (χ3v) is 3.86. The van der Waals surface area contributed by atoms with Crippen LogP contribution in [0.25, 0.3) is 10.9 Å². The molecule has 21 heavy (non-hydrogen) atoms. The van der Waals surface area contributed by atoms with Crippen LogP contribution in [0.5, 0.6) is 5.75 Å². The number of phenols is 1. The van der Waals surface area contributed by atoms with Crippen molar-refractivity contribution in [1.82, 2.24) is 4.98 Å². The van der Waals surface area contributed by atoms with Crippen molar-refractivity contribution in [3.8, 4) is 5.75 Å². The van der Waals surface area contributed by atoms with Crippen molar-refractivity contribution in [3.05, 3.63) is 64.3 Å². The number of aromatic hydroxyl groups is 1. The van der Waals surface area contributed by atoms with Crippen LogP contribution >= 0.6 is 23.2 Å². The lowest BCUT2D eigenvalue weighted by Crippen LogP contribution is -2.01. The number of nitrogens with one attached hydrogen (secondary N) is 1. The number of fused-ring (bicyclic) bond motifs is 1. The fourth-order valence-corrected chi connectivity index (χ4v) is 2.55. The Kier molecular flexibility index (Phi) is 3.86. The number of nitrogens with zero attached hydrogens (tertiary/aromatic N) is 1. The predicted molar refractivity (Wildman–Crippen MR) is 87.2 cm³/mol. The Labute approximate surface area is 132 Å². The van der Waals surface area contributed by atoms with E-state index in [0.29, 0.717) is 16.6 Å². The molecule has 0 fully saturated rings. The molecular weight excluding hydrogens is 307 g/mol. The molecule has 2 N–H and O–H groups in total. The average Bonchev–Trinajstić information content (AvgIpc) is 2.50. The Balaban J connectivity index is 1.88. The smallest absolute Gasteiger partial charge is 0.134 e. The fraction of sp³-hybridized carbons (Fsp3) is 0.0625.